The molecule has 0 saturated carbocycles. The van der Waals surface area contributed by atoms with Gasteiger partial charge in [-0.15, -0.1) is 0 Å². The van der Waals surface area contributed by atoms with E-state index in [2.05, 4.69) is 56.1 Å². The number of rotatable bonds is 4. The predicted molar refractivity (Wildman–Crippen MR) is 124 cm³/mol. The lowest BCUT2D eigenvalue weighted by Crippen LogP contribution is -2.58. The summed E-state index contributed by atoms with van der Waals surface area (Å²) in [7, 11) is 0. The molecule has 8 nitrogen and oxygen atoms in total. The van der Waals surface area contributed by atoms with E-state index in [1.165, 1.54) is 11.3 Å². The smallest absolute Gasteiger partial charge is 0.229 e. The van der Waals surface area contributed by atoms with Crippen molar-refractivity contribution in [3.05, 3.63) is 59.7 Å². The van der Waals surface area contributed by atoms with E-state index in [1.54, 1.807) is 6.33 Å². The molecule has 0 bridgehead atoms. The van der Waals surface area contributed by atoms with E-state index in [0.29, 0.717) is 13.1 Å². The summed E-state index contributed by atoms with van der Waals surface area (Å²) in [6, 6.07) is 12.5. The third-order valence-electron chi connectivity index (χ3n) is 6.38. The Labute approximate surface area is 188 Å². The number of nitrogens with zero attached hydrogens (tertiary/aromatic N) is 7. The Morgan fingerprint density at radius 2 is 1.66 bits per heavy atom. The van der Waals surface area contributed by atoms with Gasteiger partial charge in [-0.1, -0.05) is 12.1 Å². The van der Waals surface area contributed by atoms with Gasteiger partial charge in [-0.3, -0.25) is 4.79 Å². The lowest BCUT2D eigenvalue weighted by Gasteiger charge is -2.43. The highest BCUT2D eigenvalue weighted by Crippen LogP contribution is 2.26. The van der Waals surface area contributed by atoms with Crippen LogP contribution < -0.4 is 9.80 Å². The van der Waals surface area contributed by atoms with Crippen LogP contribution in [0.3, 0.4) is 0 Å². The molecular formula is C24H29N7O. The zero-order valence-electron chi connectivity index (χ0n) is 18.9. The maximum absolute atomic E-state index is 13.0. The van der Waals surface area contributed by atoms with Gasteiger partial charge in [0.25, 0.3) is 0 Å². The first-order chi connectivity index (χ1) is 15.5. The molecule has 5 rings (SSSR count). The number of aryl methyl sites for hydroxylation is 3. The number of aromatic nitrogens is 4. The second-order valence-corrected chi connectivity index (χ2v) is 8.83. The monoisotopic (exact) mass is 431 g/mol. The summed E-state index contributed by atoms with van der Waals surface area (Å²) in [4.78, 5) is 28.4. The molecule has 1 aromatic carbocycles. The van der Waals surface area contributed by atoms with Gasteiger partial charge in [0.1, 0.15) is 12.1 Å². The van der Waals surface area contributed by atoms with Crippen LogP contribution in [0.1, 0.15) is 17.0 Å². The Bertz CT molecular complexity index is 1130. The predicted octanol–water partition coefficient (Wildman–Crippen LogP) is 2.37. The summed E-state index contributed by atoms with van der Waals surface area (Å²) in [6.45, 7) is 10.8. The number of piperazine rings is 1. The first-order valence-electron chi connectivity index (χ1n) is 11.2. The van der Waals surface area contributed by atoms with Crippen LogP contribution in [0.2, 0.25) is 0 Å². The average Bonchev–Trinajstić information content (AvgIpc) is 3.11. The van der Waals surface area contributed by atoms with Gasteiger partial charge in [0.2, 0.25) is 5.91 Å². The molecule has 0 aliphatic carbocycles. The quantitative estimate of drug-likeness (QED) is 0.632. The van der Waals surface area contributed by atoms with Crippen LogP contribution in [-0.4, -0.2) is 69.8 Å². The van der Waals surface area contributed by atoms with Crippen LogP contribution in [0.15, 0.2) is 42.7 Å². The molecule has 0 atom stereocenters. The minimum atomic E-state index is 0.0348. The van der Waals surface area contributed by atoms with Crippen molar-refractivity contribution in [2.24, 2.45) is 5.92 Å². The fraction of sp³-hybridized carbons (Fsp3) is 0.417. The number of anilines is 2. The second-order valence-electron chi connectivity index (χ2n) is 8.83. The van der Waals surface area contributed by atoms with E-state index < -0.39 is 0 Å². The molecule has 4 heterocycles. The van der Waals surface area contributed by atoms with Gasteiger partial charge in [0, 0.05) is 56.7 Å². The molecule has 1 amide bonds. The SMILES string of the molecule is Cc1cccc(N2CCN(C(=O)C3CN(c4cc(-n5nc(C)cc5C)ncn4)C3)CC2)c1. The van der Waals surface area contributed by atoms with E-state index in [9.17, 15) is 4.79 Å². The van der Waals surface area contributed by atoms with Gasteiger partial charge >= 0.3 is 0 Å². The topological polar surface area (TPSA) is 70.4 Å². The maximum atomic E-state index is 13.0. The van der Waals surface area contributed by atoms with Crippen molar-refractivity contribution in [2.75, 3.05) is 49.1 Å². The highest BCUT2D eigenvalue weighted by Gasteiger charge is 2.37. The number of hydrogen-bond acceptors (Lipinski definition) is 6. The molecule has 2 fully saturated rings. The van der Waals surface area contributed by atoms with Crippen LogP contribution in [-0.2, 0) is 4.79 Å². The Morgan fingerprint density at radius 3 is 2.34 bits per heavy atom. The van der Waals surface area contributed by atoms with Crippen LogP contribution in [0.5, 0.6) is 0 Å². The van der Waals surface area contributed by atoms with Gasteiger partial charge in [0.15, 0.2) is 5.82 Å². The second kappa shape index (κ2) is 8.26. The highest BCUT2D eigenvalue weighted by molar-refractivity contribution is 5.82. The van der Waals surface area contributed by atoms with E-state index in [4.69, 9.17) is 0 Å². The summed E-state index contributed by atoms with van der Waals surface area (Å²) in [5.74, 6) is 1.89. The Morgan fingerprint density at radius 1 is 0.906 bits per heavy atom. The lowest BCUT2D eigenvalue weighted by atomic mass is 9.98. The molecular weight excluding hydrogens is 402 g/mol. The Hall–Kier alpha value is -3.42. The summed E-state index contributed by atoms with van der Waals surface area (Å²) >= 11 is 0. The Balaban J connectivity index is 1.17. The van der Waals surface area contributed by atoms with E-state index in [-0.39, 0.29) is 11.8 Å². The van der Waals surface area contributed by atoms with Crippen molar-refractivity contribution in [3.63, 3.8) is 0 Å². The van der Waals surface area contributed by atoms with Crippen molar-refractivity contribution in [3.8, 4) is 5.82 Å². The van der Waals surface area contributed by atoms with Gasteiger partial charge in [0.05, 0.1) is 11.6 Å². The molecule has 0 N–H and O–H groups in total. The molecule has 3 aromatic rings. The first kappa shape index (κ1) is 20.5. The molecule has 2 aromatic heterocycles. The number of carbonyl (C=O) groups excluding carboxylic acids is 1. The molecule has 0 radical (unpaired) electrons. The van der Waals surface area contributed by atoms with Crippen molar-refractivity contribution in [1.29, 1.82) is 0 Å². The van der Waals surface area contributed by atoms with Crippen LogP contribution >= 0.6 is 0 Å². The molecule has 166 valence electrons. The summed E-state index contributed by atoms with van der Waals surface area (Å²) in [5.41, 5.74) is 4.50. The standard InChI is InChI=1S/C24H29N7O/c1-17-5-4-6-21(11-17)28-7-9-29(10-8-28)24(32)20-14-30(15-20)22-13-23(26-16-25-22)31-19(3)12-18(2)27-31/h4-6,11-13,16,20H,7-10,14-15H2,1-3H3. The average molecular weight is 432 g/mol. The molecule has 8 heteroatoms. The van der Waals surface area contributed by atoms with Gasteiger partial charge in [-0.05, 0) is 44.5 Å². The van der Waals surface area contributed by atoms with E-state index in [1.807, 2.05) is 35.6 Å². The first-order valence-corrected chi connectivity index (χ1v) is 11.2. The van der Waals surface area contributed by atoms with Gasteiger partial charge < -0.3 is 14.7 Å². The molecule has 2 aliphatic rings. The van der Waals surface area contributed by atoms with Crippen LogP contribution in [0.4, 0.5) is 11.5 Å². The molecule has 2 saturated heterocycles. The third kappa shape index (κ3) is 3.92. The molecule has 0 unspecified atom stereocenters. The van der Waals surface area contributed by atoms with Crippen LogP contribution in [0.25, 0.3) is 5.82 Å². The van der Waals surface area contributed by atoms with Gasteiger partial charge in [-0.2, -0.15) is 5.10 Å². The minimum absolute atomic E-state index is 0.0348. The maximum Gasteiger partial charge on any atom is 0.229 e. The number of hydrogen-bond donors (Lipinski definition) is 0. The van der Waals surface area contributed by atoms with Crippen molar-refractivity contribution >= 4 is 17.4 Å². The number of amides is 1. The Kier molecular flexibility index (Phi) is 5.28. The van der Waals surface area contributed by atoms with E-state index >= 15 is 0 Å². The lowest BCUT2D eigenvalue weighted by molar-refractivity contribution is -0.136. The van der Waals surface area contributed by atoms with Crippen molar-refractivity contribution < 1.29 is 4.79 Å². The summed E-state index contributed by atoms with van der Waals surface area (Å²) in [6.07, 6.45) is 1.57. The molecule has 32 heavy (non-hydrogen) atoms. The fourth-order valence-electron chi connectivity index (χ4n) is 4.58. The number of carbonyl (C=O) groups is 1. The van der Waals surface area contributed by atoms with Gasteiger partial charge in [-0.25, -0.2) is 14.6 Å². The van der Waals surface area contributed by atoms with Crippen LogP contribution in [0, 0.1) is 26.7 Å². The van der Waals surface area contributed by atoms with Crippen molar-refractivity contribution in [2.45, 2.75) is 20.8 Å². The normalized spacial score (nSPS) is 16.9. The zero-order chi connectivity index (χ0) is 22.2. The van der Waals surface area contributed by atoms with Crippen molar-refractivity contribution in [1.82, 2.24) is 24.6 Å². The summed E-state index contributed by atoms with van der Waals surface area (Å²) < 4.78 is 1.83. The van der Waals surface area contributed by atoms with E-state index in [0.717, 1.165) is 49.2 Å². The summed E-state index contributed by atoms with van der Waals surface area (Å²) in [5, 5.41) is 4.50. The largest absolute Gasteiger partial charge is 0.368 e. The molecule has 2 aliphatic heterocycles. The molecule has 0 spiro atoms. The highest BCUT2D eigenvalue weighted by atomic mass is 16.2. The minimum Gasteiger partial charge on any atom is -0.368 e. The zero-order valence-corrected chi connectivity index (χ0v) is 18.9. The number of benzene rings is 1. The third-order valence-corrected chi connectivity index (χ3v) is 6.38. The fourth-order valence-corrected chi connectivity index (χ4v) is 4.58.